The highest BCUT2D eigenvalue weighted by Crippen LogP contribution is 2.40. The molecule has 0 atom stereocenters. The quantitative estimate of drug-likeness (QED) is 0.532. The van der Waals surface area contributed by atoms with E-state index < -0.39 is 0 Å². The summed E-state index contributed by atoms with van der Waals surface area (Å²) >= 11 is 1.42. The van der Waals surface area contributed by atoms with Crippen molar-refractivity contribution in [2.24, 2.45) is 0 Å². The van der Waals surface area contributed by atoms with Crippen LogP contribution in [0.3, 0.4) is 0 Å². The highest BCUT2D eigenvalue weighted by molar-refractivity contribution is 7.12. The lowest BCUT2D eigenvalue weighted by Crippen LogP contribution is -2.52. The lowest BCUT2D eigenvalue weighted by molar-refractivity contribution is 0.0518. The molecule has 2 saturated heterocycles. The maximum Gasteiger partial charge on any atom is 0.270 e. The first-order valence-corrected chi connectivity index (χ1v) is 14.3. The molecule has 204 valence electrons. The van der Waals surface area contributed by atoms with Gasteiger partial charge in [-0.1, -0.05) is 0 Å². The largest absolute Gasteiger partial charge is 0.339 e. The first kappa shape index (κ1) is 25.7. The minimum Gasteiger partial charge on any atom is -0.339 e. The average Bonchev–Trinajstić information content (AvgIpc) is 3.44. The normalized spacial score (nSPS) is 19.1. The van der Waals surface area contributed by atoms with E-state index in [1.807, 2.05) is 52.6 Å². The summed E-state index contributed by atoms with van der Waals surface area (Å²) < 4.78 is 0. The predicted molar refractivity (Wildman–Crippen MR) is 155 cm³/mol. The van der Waals surface area contributed by atoms with Crippen molar-refractivity contribution in [2.75, 3.05) is 75.5 Å². The third-order valence-electron chi connectivity index (χ3n) is 8.13. The fourth-order valence-electron chi connectivity index (χ4n) is 5.64. The Bertz CT molecular complexity index is 1360. The van der Waals surface area contributed by atoms with Crippen LogP contribution in [0.2, 0.25) is 0 Å². The number of piperidine rings is 1. The Kier molecular flexibility index (Phi) is 6.96. The zero-order valence-corrected chi connectivity index (χ0v) is 23.4. The van der Waals surface area contributed by atoms with Gasteiger partial charge in [-0.05, 0) is 55.6 Å². The molecule has 39 heavy (non-hydrogen) atoms. The van der Waals surface area contributed by atoms with Crippen LogP contribution >= 0.6 is 11.3 Å². The van der Waals surface area contributed by atoms with E-state index in [2.05, 4.69) is 27.1 Å². The Labute approximate surface area is 232 Å². The van der Waals surface area contributed by atoms with Crippen LogP contribution in [0.4, 0.5) is 28.8 Å². The Morgan fingerprint density at radius 3 is 2.36 bits per heavy atom. The van der Waals surface area contributed by atoms with Crippen molar-refractivity contribution in [3.63, 3.8) is 0 Å². The van der Waals surface area contributed by atoms with E-state index in [4.69, 9.17) is 4.98 Å². The summed E-state index contributed by atoms with van der Waals surface area (Å²) in [5.41, 5.74) is 2.95. The first-order valence-electron chi connectivity index (χ1n) is 13.4. The van der Waals surface area contributed by atoms with Gasteiger partial charge in [0.25, 0.3) is 11.8 Å². The molecule has 0 saturated carbocycles. The monoisotopic (exact) mass is 546 g/mol. The fourth-order valence-corrected chi connectivity index (χ4v) is 6.54. The molecule has 2 amide bonds. The molecule has 1 N–H and O–H groups in total. The maximum absolute atomic E-state index is 13.2. The molecule has 5 heterocycles. The molecule has 2 aromatic heterocycles. The van der Waals surface area contributed by atoms with Crippen LogP contribution < -0.4 is 15.1 Å². The zero-order chi connectivity index (χ0) is 27.1. The predicted octanol–water partition coefficient (Wildman–Crippen LogP) is 3.49. The molecule has 0 bridgehead atoms. The van der Waals surface area contributed by atoms with Crippen LogP contribution in [0.5, 0.6) is 0 Å². The molecule has 3 aliphatic heterocycles. The molecular formula is C28H34N8O2S. The zero-order valence-electron chi connectivity index (χ0n) is 22.6. The van der Waals surface area contributed by atoms with Gasteiger partial charge in [-0.2, -0.15) is 4.98 Å². The number of amides is 2. The van der Waals surface area contributed by atoms with Crippen molar-refractivity contribution in [3.05, 3.63) is 52.3 Å². The van der Waals surface area contributed by atoms with E-state index in [1.54, 1.807) is 18.1 Å². The number of aromatic nitrogens is 2. The van der Waals surface area contributed by atoms with E-state index in [9.17, 15) is 9.59 Å². The van der Waals surface area contributed by atoms with E-state index in [1.165, 1.54) is 11.3 Å². The van der Waals surface area contributed by atoms with Crippen LogP contribution in [0.15, 0.2) is 41.9 Å². The average molecular weight is 547 g/mol. The van der Waals surface area contributed by atoms with Crippen molar-refractivity contribution < 1.29 is 9.59 Å². The number of nitrogens with zero attached hydrogens (tertiary/aromatic N) is 7. The molecule has 1 aromatic carbocycles. The lowest BCUT2D eigenvalue weighted by Gasteiger charge is -2.42. The van der Waals surface area contributed by atoms with Crippen LogP contribution in [0.1, 0.15) is 32.9 Å². The summed E-state index contributed by atoms with van der Waals surface area (Å²) in [5, 5.41) is 5.16. The highest BCUT2D eigenvalue weighted by atomic mass is 32.1. The van der Waals surface area contributed by atoms with E-state index in [0.29, 0.717) is 33.9 Å². The second-order valence-corrected chi connectivity index (χ2v) is 11.4. The number of hydrogen-bond acceptors (Lipinski definition) is 9. The number of hydrogen-bond donors (Lipinski definition) is 1. The highest BCUT2D eigenvalue weighted by Gasteiger charge is 2.31. The Balaban J connectivity index is 1.10. The van der Waals surface area contributed by atoms with Crippen LogP contribution in [0, 0.1) is 0 Å². The maximum atomic E-state index is 13.2. The summed E-state index contributed by atoms with van der Waals surface area (Å²) in [4.78, 5) is 46.4. The minimum absolute atomic E-state index is 0.0706. The van der Waals surface area contributed by atoms with Crippen LogP contribution in [0.25, 0.3) is 0 Å². The minimum atomic E-state index is -0.0706. The molecule has 0 radical (unpaired) electrons. The number of likely N-dealkylation sites (N-methyl/N-ethyl adjacent to an activating group) is 1. The summed E-state index contributed by atoms with van der Waals surface area (Å²) in [6.45, 7) is 6.09. The number of likely N-dealkylation sites (tertiary alicyclic amines) is 1. The number of carbonyl (C=O) groups excluding carboxylic acids is 2. The molecule has 3 aliphatic rings. The van der Waals surface area contributed by atoms with E-state index in [-0.39, 0.29) is 11.8 Å². The number of anilines is 5. The molecule has 10 nitrogen and oxygen atoms in total. The molecule has 0 aliphatic carbocycles. The smallest absolute Gasteiger partial charge is 0.270 e. The summed E-state index contributed by atoms with van der Waals surface area (Å²) in [5.74, 6) is 1.08. The van der Waals surface area contributed by atoms with Crippen molar-refractivity contribution in [2.45, 2.75) is 18.9 Å². The second kappa shape index (κ2) is 10.6. The van der Waals surface area contributed by atoms with Crippen molar-refractivity contribution >= 4 is 52.0 Å². The Morgan fingerprint density at radius 2 is 1.64 bits per heavy atom. The van der Waals surface area contributed by atoms with Crippen LogP contribution in [-0.4, -0.2) is 103 Å². The fraction of sp³-hybridized carbons (Fsp3) is 0.429. The summed E-state index contributed by atoms with van der Waals surface area (Å²) in [6.07, 6.45) is 3.74. The number of nitrogens with one attached hydrogen (secondary N) is 1. The van der Waals surface area contributed by atoms with Gasteiger partial charge in [0.2, 0.25) is 5.95 Å². The lowest BCUT2D eigenvalue weighted by atomic mass is 10.0. The van der Waals surface area contributed by atoms with Crippen LogP contribution in [-0.2, 0) is 0 Å². The van der Waals surface area contributed by atoms with Gasteiger partial charge < -0.3 is 24.9 Å². The van der Waals surface area contributed by atoms with E-state index in [0.717, 1.165) is 63.5 Å². The molecular weight excluding hydrogens is 512 g/mol. The first-order chi connectivity index (χ1) is 18.9. The van der Waals surface area contributed by atoms with Gasteiger partial charge in [-0.15, -0.1) is 11.3 Å². The topological polar surface area (TPSA) is 88.1 Å². The van der Waals surface area contributed by atoms with Crippen molar-refractivity contribution in [1.29, 1.82) is 0 Å². The Morgan fingerprint density at radius 1 is 0.923 bits per heavy atom. The number of benzene rings is 1. The number of thiophene rings is 1. The molecule has 0 unspecified atom stereocenters. The molecule has 0 spiro atoms. The van der Waals surface area contributed by atoms with Gasteiger partial charge in [0, 0.05) is 70.7 Å². The van der Waals surface area contributed by atoms with Gasteiger partial charge in [0.1, 0.15) is 10.6 Å². The third-order valence-corrected chi connectivity index (χ3v) is 9.02. The summed E-state index contributed by atoms with van der Waals surface area (Å²) in [6, 6.07) is 10.00. The van der Waals surface area contributed by atoms with Gasteiger partial charge in [-0.25, -0.2) is 4.98 Å². The van der Waals surface area contributed by atoms with Crippen molar-refractivity contribution in [1.82, 2.24) is 24.7 Å². The van der Waals surface area contributed by atoms with Gasteiger partial charge in [0.15, 0.2) is 5.82 Å². The molecule has 11 heteroatoms. The number of rotatable bonds is 4. The molecule has 2 fully saturated rings. The molecule has 6 rings (SSSR count). The van der Waals surface area contributed by atoms with Gasteiger partial charge >= 0.3 is 0 Å². The van der Waals surface area contributed by atoms with Gasteiger partial charge in [-0.3, -0.25) is 14.5 Å². The number of piperazine rings is 1. The third kappa shape index (κ3) is 4.97. The number of fused-ring (bicyclic) bond motifs is 2. The molecule has 3 aromatic rings. The van der Waals surface area contributed by atoms with Crippen molar-refractivity contribution in [3.8, 4) is 0 Å². The Hall–Kier alpha value is -3.54. The van der Waals surface area contributed by atoms with E-state index >= 15 is 0 Å². The standard InChI is InChI=1S/C28H34N8O2S/c1-32-13-15-35(16-14-32)21-8-11-36(12-9-21)26(37)19-4-6-20(7-5-19)30-28-29-18-23-25(31-28)33(2)22-10-17-39-24(22)27(38)34(23)3/h4-7,10,17-18,21H,8-9,11-16H2,1-3H3,(H,29,30,31). The number of carbonyl (C=O) groups is 2. The second-order valence-electron chi connectivity index (χ2n) is 10.5. The SMILES string of the molecule is CN1CCN(C2CCN(C(=O)c3ccc(Nc4ncc5c(n4)N(C)c4ccsc4C(=O)N5C)cc3)CC2)CC1. The summed E-state index contributed by atoms with van der Waals surface area (Å²) in [7, 11) is 5.83. The van der Waals surface area contributed by atoms with Gasteiger partial charge in [0.05, 0.1) is 11.9 Å².